The van der Waals surface area contributed by atoms with Crippen molar-refractivity contribution in [3.8, 4) is 0 Å². The van der Waals surface area contributed by atoms with Gasteiger partial charge >= 0.3 is 0 Å². The number of halogens is 1. The van der Waals surface area contributed by atoms with Crippen LogP contribution in [0.25, 0.3) is 0 Å². The highest BCUT2D eigenvalue weighted by Crippen LogP contribution is 2.07. The maximum Gasteiger partial charge on any atom is 0.134 e. The molecule has 0 saturated carbocycles. The fraction of sp³-hybridized carbons (Fsp3) is 0.857. The van der Waals surface area contributed by atoms with Crippen molar-refractivity contribution in [2.75, 3.05) is 0 Å². The van der Waals surface area contributed by atoms with Crippen molar-refractivity contribution in [2.45, 2.75) is 38.5 Å². The zero-order chi connectivity index (χ0) is 7.28. The second-order valence-corrected chi connectivity index (χ2v) is 2.72. The molecule has 0 amide bonds. The first-order valence-electron chi connectivity index (χ1n) is 3.36. The van der Waals surface area contributed by atoms with Crippen molar-refractivity contribution in [3.63, 3.8) is 0 Å². The van der Waals surface area contributed by atoms with E-state index in [9.17, 15) is 4.79 Å². The first-order chi connectivity index (χ1) is 4.20. The van der Waals surface area contributed by atoms with Crippen LogP contribution < -0.4 is 0 Å². The van der Waals surface area contributed by atoms with Crippen LogP contribution in [0.3, 0.4) is 0 Å². The van der Waals surface area contributed by atoms with E-state index in [1.807, 2.05) is 13.8 Å². The Morgan fingerprint density at radius 1 is 1.56 bits per heavy atom. The maximum absolute atomic E-state index is 10.7. The highest BCUT2D eigenvalue weighted by Gasteiger charge is 2.05. The topological polar surface area (TPSA) is 17.1 Å². The third-order valence-electron chi connectivity index (χ3n) is 1.29. The summed E-state index contributed by atoms with van der Waals surface area (Å²) in [6, 6.07) is 0. The summed E-state index contributed by atoms with van der Waals surface area (Å²) in [6.45, 7) is 3.85. The Bertz CT molecular complexity index is 90.9. The van der Waals surface area contributed by atoms with E-state index in [0.29, 0.717) is 12.8 Å². The lowest BCUT2D eigenvalue weighted by Gasteiger charge is -2.01. The minimum Gasteiger partial charge on any atom is -0.300 e. The number of ketones is 1. The molecule has 1 atom stereocenters. The Labute approximate surface area is 61.4 Å². The van der Waals surface area contributed by atoms with E-state index in [1.165, 1.54) is 0 Å². The van der Waals surface area contributed by atoms with Gasteiger partial charge in [-0.2, -0.15) is 0 Å². The third kappa shape index (κ3) is 4.46. The average Bonchev–Trinajstić information content (AvgIpc) is 1.87. The van der Waals surface area contributed by atoms with Crippen LogP contribution in [-0.4, -0.2) is 11.2 Å². The standard InChI is InChI=1S/C7H13ClO/c1-3-6(8)5-7(9)4-2/h6H,3-5H2,1-2H3. The monoisotopic (exact) mass is 148 g/mol. The Hall–Kier alpha value is -0.0400. The summed E-state index contributed by atoms with van der Waals surface area (Å²) in [4.78, 5) is 10.7. The summed E-state index contributed by atoms with van der Waals surface area (Å²) in [7, 11) is 0. The second kappa shape index (κ2) is 4.80. The van der Waals surface area contributed by atoms with E-state index in [2.05, 4.69) is 0 Å². The van der Waals surface area contributed by atoms with Crippen molar-refractivity contribution in [1.82, 2.24) is 0 Å². The van der Waals surface area contributed by atoms with Gasteiger partial charge in [0.05, 0.1) is 0 Å². The Kier molecular flexibility index (Phi) is 4.78. The van der Waals surface area contributed by atoms with E-state index < -0.39 is 0 Å². The number of hydrogen-bond acceptors (Lipinski definition) is 1. The first-order valence-corrected chi connectivity index (χ1v) is 3.80. The molecule has 0 aliphatic rings. The van der Waals surface area contributed by atoms with Crippen molar-refractivity contribution in [3.05, 3.63) is 0 Å². The van der Waals surface area contributed by atoms with Crippen LogP contribution in [0.5, 0.6) is 0 Å². The summed E-state index contributed by atoms with van der Waals surface area (Å²) < 4.78 is 0. The molecule has 0 saturated heterocycles. The maximum atomic E-state index is 10.7. The fourth-order valence-electron chi connectivity index (χ4n) is 0.536. The van der Waals surface area contributed by atoms with Gasteiger partial charge < -0.3 is 0 Å². The minimum atomic E-state index is 0.0532. The molecule has 9 heavy (non-hydrogen) atoms. The van der Waals surface area contributed by atoms with E-state index in [0.717, 1.165) is 6.42 Å². The number of rotatable bonds is 4. The van der Waals surface area contributed by atoms with Crippen molar-refractivity contribution in [1.29, 1.82) is 0 Å². The van der Waals surface area contributed by atoms with Gasteiger partial charge in [0.15, 0.2) is 0 Å². The van der Waals surface area contributed by atoms with Crippen molar-refractivity contribution < 1.29 is 4.79 Å². The molecular formula is C7H13ClO. The SMILES string of the molecule is CCC(=O)CC(Cl)CC. The number of alkyl halides is 1. The van der Waals surface area contributed by atoms with Gasteiger partial charge in [0, 0.05) is 18.2 Å². The lowest BCUT2D eigenvalue weighted by Crippen LogP contribution is -2.05. The van der Waals surface area contributed by atoms with Crippen LogP contribution in [0.2, 0.25) is 0 Å². The number of Topliss-reactive ketones (excluding diaryl/α,β-unsaturated/α-hetero) is 1. The molecule has 0 aliphatic carbocycles. The van der Waals surface area contributed by atoms with Crippen LogP contribution in [0, 0.1) is 0 Å². The van der Waals surface area contributed by atoms with Crippen LogP contribution in [-0.2, 0) is 4.79 Å². The lowest BCUT2D eigenvalue weighted by molar-refractivity contribution is -0.118. The molecule has 0 rings (SSSR count). The molecule has 2 heteroatoms. The number of carbonyl (C=O) groups excluding carboxylic acids is 1. The minimum absolute atomic E-state index is 0.0532. The predicted molar refractivity (Wildman–Crippen MR) is 39.8 cm³/mol. The summed E-state index contributed by atoms with van der Waals surface area (Å²) in [5.74, 6) is 0.261. The van der Waals surface area contributed by atoms with E-state index >= 15 is 0 Å². The first kappa shape index (κ1) is 8.96. The van der Waals surface area contributed by atoms with Gasteiger partial charge in [-0.15, -0.1) is 11.6 Å². The Balaban J connectivity index is 3.34. The van der Waals surface area contributed by atoms with Gasteiger partial charge in [0.25, 0.3) is 0 Å². The van der Waals surface area contributed by atoms with Crippen LogP contribution in [0.4, 0.5) is 0 Å². The van der Waals surface area contributed by atoms with Crippen molar-refractivity contribution in [2.24, 2.45) is 0 Å². The zero-order valence-electron chi connectivity index (χ0n) is 5.98. The molecule has 1 nitrogen and oxygen atoms in total. The lowest BCUT2D eigenvalue weighted by atomic mass is 10.1. The summed E-state index contributed by atoms with van der Waals surface area (Å²) in [5, 5.41) is 0.0532. The molecule has 0 bridgehead atoms. The van der Waals surface area contributed by atoms with Gasteiger partial charge in [0.1, 0.15) is 5.78 Å². The zero-order valence-corrected chi connectivity index (χ0v) is 6.74. The molecule has 0 aliphatic heterocycles. The van der Waals surface area contributed by atoms with Gasteiger partial charge in [-0.25, -0.2) is 0 Å². The highest BCUT2D eigenvalue weighted by molar-refractivity contribution is 6.21. The fourth-order valence-corrected chi connectivity index (χ4v) is 0.708. The smallest absolute Gasteiger partial charge is 0.134 e. The molecule has 0 radical (unpaired) electrons. The largest absolute Gasteiger partial charge is 0.300 e. The summed E-state index contributed by atoms with van der Waals surface area (Å²) >= 11 is 5.72. The predicted octanol–water partition coefficient (Wildman–Crippen LogP) is 2.37. The quantitative estimate of drug-likeness (QED) is 0.560. The molecule has 54 valence electrons. The van der Waals surface area contributed by atoms with Crippen molar-refractivity contribution >= 4 is 17.4 Å². The van der Waals surface area contributed by atoms with Crippen LogP contribution >= 0.6 is 11.6 Å². The Morgan fingerprint density at radius 3 is 2.44 bits per heavy atom. The molecule has 0 aromatic rings. The summed E-state index contributed by atoms with van der Waals surface area (Å²) in [5.41, 5.74) is 0. The molecule has 0 N–H and O–H groups in total. The molecule has 0 heterocycles. The van der Waals surface area contributed by atoms with Gasteiger partial charge in [-0.05, 0) is 6.42 Å². The van der Waals surface area contributed by atoms with Crippen LogP contribution in [0.1, 0.15) is 33.1 Å². The Morgan fingerprint density at radius 2 is 2.11 bits per heavy atom. The third-order valence-corrected chi connectivity index (χ3v) is 1.75. The highest BCUT2D eigenvalue weighted by atomic mass is 35.5. The number of hydrogen-bond donors (Lipinski definition) is 0. The van der Waals surface area contributed by atoms with E-state index in [-0.39, 0.29) is 11.2 Å². The van der Waals surface area contributed by atoms with E-state index in [1.54, 1.807) is 0 Å². The number of carbonyl (C=O) groups is 1. The summed E-state index contributed by atoms with van der Waals surface area (Å²) in [6.07, 6.45) is 2.03. The molecular weight excluding hydrogens is 136 g/mol. The average molecular weight is 149 g/mol. The molecule has 0 spiro atoms. The van der Waals surface area contributed by atoms with E-state index in [4.69, 9.17) is 11.6 Å². The van der Waals surface area contributed by atoms with Gasteiger partial charge in [0.2, 0.25) is 0 Å². The molecule has 0 aromatic carbocycles. The normalized spacial score (nSPS) is 13.2. The molecule has 0 aromatic heterocycles. The van der Waals surface area contributed by atoms with Crippen LogP contribution in [0.15, 0.2) is 0 Å². The molecule has 1 unspecified atom stereocenters. The second-order valence-electron chi connectivity index (χ2n) is 2.10. The van der Waals surface area contributed by atoms with Gasteiger partial charge in [-0.3, -0.25) is 4.79 Å². The van der Waals surface area contributed by atoms with Gasteiger partial charge in [-0.1, -0.05) is 13.8 Å². The molecule has 0 fully saturated rings.